The molecule has 0 spiro atoms. The molecule has 1 saturated heterocycles. The molecular weight excluding hydrogens is 236 g/mol. The standard InChI is InChI=1S/C16H24N2O/c1-2-18-10-5-8-16(19,9-11-18)15-14-7-4-3-6-13(14)12-17-15/h3-4,6-7,15,17,19H,2,5,8-12H2,1H3. The van der Waals surface area contributed by atoms with E-state index in [0.717, 1.165) is 45.4 Å². The number of nitrogens with zero attached hydrogens (tertiary/aromatic N) is 1. The summed E-state index contributed by atoms with van der Waals surface area (Å²) in [6, 6.07) is 8.61. The number of hydrogen-bond donors (Lipinski definition) is 2. The van der Waals surface area contributed by atoms with Gasteiger partial charge in [-0.1, -0.05) is 31.2 Å². The molecule has 19 heavy (non-hydrogen) atoms. The molecule has 3 rings (SSSR count). The molecule has 0 radical (unpaired) electrons. The van der Waals surface area contributed by atoms with E-state index in [1.807, 2.05) is 0 Å². The average Bonchev–Trinajstić information content (AvgIpc) is 2.78. The van der Waals surface area contributed by atoms with Crippen LogP contribution in [0.25, 0.3) is 0 Å². The Kier molecular flexibility index (Phi) is 3.61. The van der Waals surface area contributed by atoms with E-state index >= 15 is 0 Å². The number of benzene rings is 1. The lowest BCUT2D eigenvalue weighted by molar-refractivity contribution is -0.00963. The van der Waals surface area contributed by atoms with Crippen LogP contribution in [0.4, 0.5) is 0 Å². The molecule has 1 fully saturated rings. The van der Waals surface area contributed by atoms with Crippen molar-refractivity contribution in [3.8, 4) is 0 Å². The highest BCUT2D eigenvalue weighted by molar-refractivity contribution is 5.36. The van der Waals surface area contributed by atoms with Crippen LogP contribution >= 0.6 is 0 Å². The molecule has 2 atom stereocenters. The van der Waals surface area contributed by atoms with Crippen LogP contribution in [0.5, 0.6) is 0 Å². The summed E-state index contributed by atoms with van der Waals surface area (Å²) in [4.78, 5) is 2.44. The predicted octanol–water partition coefficient (Wildman–Crippen LogP) is 2.07. The van der Waals surface area contributed by atoms with Crippen LogP contribution in [0.3, 0.4) is 0 Å². The van der Waals surface area contributed by atoms with E-state index in [4.69, 9.17) is 0 Å². The molecule has 2 N–H and O–H groups in total. The summed E-state index contributed by atoms with van der Waals surface area (Å²) in [6.07, 6.45) is 2.85. The van der Waals surface area contributed by atoms with Crippen molar-refractivity contribution >= 4 is 0 Å². The average molecular weight is 260 g/mol. The van der Waals surface area contributed by atoms with Gasteiger partial charge in [-0.15, -0.1) is 0 Å². The van der Waals surface area contributed by atoms with Crippen molar-refractivity contribution in [1.82, 2.24) is 10.2 Å². The Bertz CT molecular complexity index is 448. The van der Waals surface area contributed by atoms with Gasteiger partial charge in [-0.2, -0.15) is 0 Å². The first-order valence-electron chi connectivity index (χ1n) is 7.49. The first-order valence-corrected chi connectivity index (χ1v) is 7.49. The van der Waals surface area contributed by atoms with E-state index in [1.165, 1.54) is 11.1 Å². The van der Waals surface area contributed by atoms with Gasteiger partial charge < -0.3 is 15.3 Å². The van der Waals surface area contributed by atoms with Gasteiger partial charge in [0, 0.05) is 13.1 Å². The Morgan fingerprint density at radius 3 is 3.00 bits per heavy atom. The van der Waals surface area contributed by atoms with Gasteiger partial charge in [0.15, 0.2) is 0 Å². The molecule has 3 nitrogen and oxygen atoms in total. The molecule has 0 aliphatic carbocycles. The van der Waals surface area contributed by atoms with Crippen molar-refractivity contribution in [2.45, 2.75) is 44.4 Å². The molecule has 2 heterocycles. The van der Waals surface area contributed by atoms with Crippen LogP contribution in [0, 0.1) is 0 Å². The van der Waals surface area contributed by atoms with Gasteiger partial charge in [0.25, 0.3) is 0 Å². The van der Waals surface area contributed by atoms with E-state index in [9.17, 15) is 5.11 Å². The van der Waals surface area contributed by atoms with Gasteiger partial charge in [-0.25, -0.2) is 0 Å². The third-order valence-electron chi connectivity index (χ3n) is 4.79. The first kappa shape index (κ1) is 13.1. The number of rotatable bonds is 2. The Labute approximate surface area is 115 Å². The van der Waals surface area contributed by atoms with Crippen LogP contribution < -0.4 is 5.32 Å². The summed E-state index contributed by atoms with van der Waals surface area (Å²) in [5.41, 5.74) is 2.06. The molecule has 0 bridgehead atoms. The van der Waals surface area contributed by atoms with Gasteiger partial charge in [-0.05, 0) is 43.5 Å². The maximum Gasteiger partial charge on any atom is 0.0854 e. The second-order valence-electron chi connectivity index (χ2n) is 5.90. The second-order valence-corrected chi connectivity index (χ2v) is 5.90. The van der Waals surface area contributed by atoms with Crippen LogP contribution in [0.2, 0.25) is 0 Å². The Morgan fingerprint density at radius 2 is 2.16 bits per heavy atom. The van der Waals surface area contributed by atoms with Crippen molar-refractivity contribution in [2.75, 3.05) is 19.6 Å². The Morgan fingerprint density at radius 1 is 1.32 bits per heavy atom. The van der Waals surface area contributed by atoms with E-state index in [1.54, 1.807) is 0 Å². The summed E-state index contributed by atoms with van der Waals surface area (Å²) in [6.45, 7) is 6.30. The number of hydrogen-bond acceptors (Lipinski definition) is 3. The largest absolute Gasteiger partial charge is 0.388 e. The number of likely N-dealkylation sites (tertiary alicyclic amines) is 1. The van der Waals surface area contributed by atoms with Gasteiger partial charge in [0.1, 0.15) is 0 Å². The van der Waals surface area contributed by atoms with Crippen molar-refractivity contribution in [1.29, 1.82) is 0 Å². The maximum absolute atomic E-state index is 11.1. The molecule has 0 saturated carbocycles. The van der Waals surface area contributed by atoms with Crippen LogP contribution in [-0.4, -0.2) is 35.2 Å². The highest BCUT2D eigenvalue weighted by atomic mass is 16.3. The number of fused-ring (bicyclic) bond motifs is 1. The molecule has 2 aliphatic rings. The molecule has 1 aromatic rings. The van der Waals surface area contributed by atoms with Gasteiger partial charge in [0.2, 0.25) is 0 Å². The highest BCUT2D eigenvalue weighted by Crippen LogP contribution is 2.39. The summed E-state index contributed by atoms with van der Waals surface area (Å²) >= 11 is 0. The lowest BCUT2D eigenvalue weighted by atomic mass is 9.83. The molecule has 0 aromatic heterocycles. The van der Waals surface area contributed by atoms with E-state index in [-0.39, 0.29) is 6.04 Å². The third-order valence-corrected chi connectivity index (χ3v) is 4.79. The second kappa shape index (κ2) is 5.23. The minimum atomic E-state index is -0.587. The first-order chi connectivity index (χ1) is 9.23. The van der Waals surface area contributed by atoms with E-state index in [2.05, 4.69) is 41.4 Å². The molecule has 2 aliphatic heterocycles. The normalized spacial score (nSPS) is 32.0. The lowest BCUT2D eigenvalue weighted by Gasteiger charge is -2.34. The van der Waals surface area contributed by atoms with Crippen molar-refractivity contribution < 1.29 is 5.11 Å². The Hall–Kier alpha value is -0.900. The summed E-state index contributed by atoms with van der Waals surface area (Å²) in [5, 5.41) is 14.6. The van der Waals surface area contributed by atoms with Gasteiger partial charge in [0.05, 0.1) is 11.6 Å². The van der Waals surface area contributed by atoms with Crippen LogP contribution in [-0.2, 0) is 6.54 Å². The fourth-order valence-electron chi connectivity index (χ4n) is 3.58. The highest BCUT2D eigenvalue weighted by Gasteiger charge is 2.41. The predicted molar refractivity (Wildman–Crippen MR) is 76.9 cm³/mol. The van der Waals surface area contributed by atoms with Crippen molar-refractivity contribution in [3.63, 3.8) is 0 Å². The van der Waals surface area contributed by atoms with Crippen molar-refractivity contribution in [2.24, 2.45) is 0 Å². The van der Waals surface area contributed by atoms with Crippen LogP contribution in [0.1, 0.15) is 43.4 Å². The molecule has 1 aromatic carbocycles. The van der Waals surface area contributed by atoms with E-state index < -0.39 is 5.60 Å². The fourth-order valence-corrected chi connectivity index (χ4v) is 3.58. The lowest BCUT2D eigenvalue weighted by Crippen LogP contribution is -2.42. The Balaban J connectivity index is 1.82. The van der Waals surface area contributed by atoms with Gasteiger partial charge >= 0.3 is 0 Å². The smallest absolute Gasteiger partial charge is 0.0854 e. The summed E-state index contributed by atoms with van der Waals surface area (Å²) in [5.74, 6) is 0. The summed E-state index contributed by atoms with van der Waals surface area (Å²) < 4.78 is 0. The van der Waals surface area contributed by atoms with Gasteiger partial charge in [-0.3, -0.25) is 0 Å². The number of nitrogens with one attached hydrogen (secondary N) is 1. The number of aliphatic hydroxyl groups is 1. The molecular formula is C16H24N2O. The zero-order valence-corrected chi connectivity index (χ0v) is 11.7. The third kappa shape index (κ3) is 2.42. The minimum absolute atomic E-state index is 0.112. The zero-order valence-electron chi connectivity index (χ0n) is 11.7. The quantitative estimate of drug-likeness (QED) is 0.854. The molecule has 0 amide bonds. The minimum Gasteiger partial charge on any atom is -0.388 e. The molecule has 3 heteroatoms. The molecule has 2 unspecified atom stereocenters. The maximum atomic E-state index is 11.1. The monoisotopic (exact) mass is 260 g/mol. The molecule has 104 valence electrons. The SMILES string of the molecule is CCN1CCCC(O)(C2NCc3ccccc32)CC1. The summed E-state index contributed by atoms with van der Waals surface area (Å²) in [7, 11) is 0. The topological polar surface area (TPSA) is 35.5 Å². The van der Waals surface area contributed by atoms with E-state index in [0.29, 0.717) is 0 Å². The zero-order chi connectivity index (χ0) is 13.3. The van der Waals surface area contributed by atoms with Crippen LogP contribution in [0.15, 0.2) is 24.3 Å². The fraction of sp³-hybridized carbons (Fsp3) is 0.625. The van der Waals surface area contributed by atoms with Crippen molar-refractivity contribution in [3.05, 3.63) is 35.4 Å².